The van der Waals surface area contributed by atoms with Crippen LogP contribution in [0.3, 0.4) is 0 Å². The summed E-state index contributed by atoms with van der Waals surface area (Å²) in [7, 11) is 0.327. The molecular formula is C14H26O2Si. The number of hydrogen-bond donors (Lipinski definition) is 0. The van der Waals surface area contributed by atoms with E-state index in [0.29, 0.717) is 9.76 Å². The van der Waals surface area contributed by atoms with Crippen LogP contribution in [0.25, 0.3) is 0 Å². The lowest BCUT2D eigenvalue weighted by molar-refractivity contribution is -0.130. The van der Waals surface area contributed by atoms with Crippen molar-refractivity contribution in [2.24, 2.45) is 0 Å². The van der Waals surface area contributed by atoms with Gasteiger partial charge < -0.3 is 4.43 Å². The van der Waals surface area contributed by atoms with E-state index in [0.717, 1.165) is 17.2 Å². The van der Waals surface area contributed by atoms with E-state index < -0.39 is 0 Å². The lowest BCUT2D eigenvalue weighted by atomic mass is 10.1. The van der Waals surface area contributed by atoms with Gasteiger partial charge >= 0.3 is 15.7 Å². The maximum atomic E-state index is 11.5. The van der Waals surface area contributed by atoms with E-state index in [4.69, 9.17) is 4.43 Å². The predicted octanol–water partition coefficient (Wildman–Crippen LogP) is 4.28. The molecule has 0 spiro atoms. The minimum atomic E-state index is -0.144. The molecule has 0 aliphatic rings. The molecule has 0 N–H and O–H groups in total. The van der Waals surface area contributed by atoms with Gasteiger partial charge in [-0.2, -0.15) is 0 Å². The minimum Gasteiger partial charge on any atom is -0.513 e. The molecule has 17 heavy (non-hydrogen) atoms. The van der Waals surface area contributed by atoms with Crippen LogP contribution in [0, 0.1) is 0 Å². The fourth-order valence-electron chi connectivity index (χ4n) is 1.37. The van der Waals surface area contributed by atoms with Crippen LogP contribution < -0.4 is 0 Å². The van der Waals surface area contributed by atoms with Crippen LogP contribution in [0.4, 0.5) is 0 Å². The summed E-state index contributed by atoms with van der Waals surface area (Å²) in [4.78, 5) is 11.5. The summed E-state index contributed by atoms with van der Waals surface area (Å²) in [5.41, 5.74) is 1.79. The van der Waals surface area contributed by atoms with Gasteiger partial charge in [0.05, 0.1) is 0 Å². The Bertz CT molecular complexity index is 243. The third-order valence-electron chi connectivity index (χ3n) is 2.85. The van der Waals surface area contributed by atoms with Crippen molar-refractivity contribution >= 4 is 15.7 Å². The molecule has 0 aliphatic heterocycles. The largest absolute Gasteiger partial charge is 0.513 e. The summed E-state index contributed by atoms with van der Waals surface area (Å²) in [5.74, 6) is -0.144. The monoisotopic (exact) mass is 254 g/mol. The van der Waals surface area contributed by atoms with E-state index in [1.165, 1.54) is 38.5 Å². The maximum absolute atomic E-state index is 11.5. The van der Waals surface area contributed by atoms with Crippen molar-refractivity contribution in [1.82, 2.24) is 0 Å². The fourth-order valence-corrected chi connectivity index (χ4v) is 2.16. The average molecular weight is 254 g/mol. The summed E-state index contributed by atoms with van der Waals surface area (Å²) in [5, 5.41) is 0. The van der Waals surface area contributed by atoms with E-state index >= 15 is 0 Å². The molecule has 98 valence electrons. The first-order valence-electron chi connectivity index (χ1n) is 6.67. The number of allylic oxidation sites excluding steroid dienone is 1. The maximum Gasteiger partial charge on any atom is 0.320 e. The number of unbranched alkanes of at least 4 members (excludes halogenated alkanes) is 5. The fraction of sp³-hybridized carbons (Fsp3) is 0.786. The second-order valence-corrected chi connectivity index (χ2v) is 5.67. The molecule has 0 amide bonds. The normalized spacial score (nSPS) is 10.1. The van der Waals surface area contributed by atoms with Gasteiger partial charge in [-0.15, -0.1) is 0 Å². The standard InChI is InChI=1S/C14H26O2Si/c1-5-6-7-8-9-10-11-17-16-14(15)13(4)12(2)3/h5-11H2,1-4H3. The highest BCUT2D eigenvalue weighted by molar-refractivity contribution is 6.31. The van der Waals surface area contributed by atoms with Crippen molar-refractivity contribution in [3.05, 3.63) is 11.1 Å². The molecule has 0 rings (SSSR count). The molecule has 0 saturated carbocycles. The Morgan fingerprint density at radius 2 is 1.59 bits per heavy atom. The number of carbonyl (C=O) groups is 1. The van der Waals surface area contributed by atoms with Crippen LogP contribution in [-0.2, 0) is 9.22 Å². The van der Waals surface area contributed by atoms with Crippen molar-refractivity contribution in [2.75, 3.05) is 0 Å². The van der Waals surface area contributed by atoms with Gasteiger partial charge in [0.15, 0.2) is 0 Å². The third-order valence-corrected chi connectivity index (χ3v) is 3.74. The Kier molecular flexibility index (Phi) is 10.2. The zero-order valence-corrected chi connectivity index (χ0v) is 12.8. The second-order valence-electron chi connectivity index (χ2n) is 4.68. The molecular weight excluding hydrogens is 228 g/mol. The lowest BCUT2D eigenvalue weighted by Gasteiger charge is -2.05. The highest BCUT2D eigenvalue weighted by atomic mass is 28.2. The molecule has 0 fully saturated rings. The van der Waals surface area contributed by atoms with Gasteiger partial charge in [-0.3, -0.25) is 0 Å². The van der Waals surface area contributed by atoms with Gasteiger partial charge in [0.25, 0.3) is 0 Å². The Labute approximate surface area is 109 Å². The average Bonchev–Trinajstić information content (AvgIpc) is 2.31. The van der Waals surface area contributed by atoms with Crippen LogP contribution in [0.2, 0.25) is 6.04 Å². The SMILES string of the molecule is CCCCCCCC[Si]OC(=O)C(C)=C(C)C. The van der Waals surface area contributed by atoms with E-state index in [1.54, 1.807) is 0 Å². The Hall–Kier alpha value is -0.573. The topological polar surface area (TPSA) is 26.3 Å². The Morgan fingerprint density at radius 3 is 2.18 bits per heavy atom. The molecule has 2 radical (unpaired) electrons. The molecule has 0 aromatic carbocycles. The molecule has 2 nitrogen and oxygen atoms in total. The number of rotatable bonds is 9. The molecule has 0 aromatic rings. The van der Waals surface area contributed by atoms with Crippen molar-refractivity contribution in [1.29, 1.82) is 0 Å². The highest BCUT2D eigenvalue weighted by Gasteiger charge is 2.07. The molecule has 0 aliphatic carbocycles. The van der Waals surface area contributed by atoms with Crippen molar-refractivity contribution in [3.8, 4) is 0 Å². The highest BCUT2D eigenvalue weighted by Crippen LogP contribution is 2.08. The second kappa shape index (κ2) is 10.6. The third kappa shape index (κ3) is 9.16. The summed E-state index contributed by atoms with van der Waals surface area (Å²) >= 11 is 0. The van der Waals surface area contributed by atoms with Crippen LogP contribution in [-0.4, -0.2) is 15.7 Å². The van der Waals surface area contributed by atoms with E-state index in [-0.39, 0.29) is 5.97 Å². The molecule has 0 unspecified atom stereocenters. The summed E-state index contributed by atoms with van der Waals surface area (Å²) in [6.07, 6.45) is 7.75. The Balaban J connectivity index is 3.40. The molecule has 0 bridgehead atoms. The number of hydrogen-bond acceptors (Lipinski definition) is 2. The quantitative estimate of drug-likeness (QED) is 0.349. The van der Waals surface area contributed by atoms with Crippen LogP contribution in [0.1, 0.15) is 66.2 Å². The minimum absolute atomic E-state index is 0.144. The van der Waals surface area contributed by atoms with E-state index in [9.17, 15) is 4.79 Å². The first-order chi connectivity index (χ1) is 8.09. The van der Waals surface area contributed by atoms with Crippen molar-refractivity contribution in [2.45, 2.75) is 72.3 Å². The van der Waals surface area contributed by atoms with E-state index in [1.807, 2.05) is 20.8 Å². The lowest BCUT2D eigenvalue weighted by Crippen LogP contribution is -2.10. The summed E-state index contributed by atoms with van der Waals surface area (Å²) in [6, 6.07) is 1.02. The van der Waals surface area contributed by atoms with Gasteiger partial charge in [0.1, 0.15) is 0 Å². The van der Waals surface area contributed by atoms with Crippen molar-refractivity contribution < 1.29 is 9.22 Å². The summed E-state index contributed by atoms with van der Waals surface area (Å²) in [6.45, 7) is 7.93. The van der Waals surface area contributed by atoms with Crippen LogP contribution >= 0.6 is 0 Å². The molecule has 0 aromatic heterocycles. The van der Waals surface area contributed by atoms with Gasteiger partial charge in [-0.25, -0.2) is 4.79 Å². The zero-order valence-electron chi connectivity index (χ0n) is 11.8. The van der Waals surface area contributed by atoms with Crippen LogP contribution in [0.5, 0.6) is 0 Å². The van der Waals surface area contributed by atoms with Gasteiger partial charge in [0.2, 0.25) is 0 Å². The molecule has 0 atom stereocenters. The molecule has 0 saturated heterocycles. The first kappa shape index (κ1) is 16.4. The predicted molar refractivity (Wildman–Crippen MR) is 74.1 cm³/mol. The van der Waals surface area contributed by atoms with Gasteiger partial charge in [0, 0.05) is 5.57 Å². The molecule has 0 heterocycles. The van der Waals surface area contributed by atoms with Gasteiger partial charge in [-0.1, -0.05) is 51.0 Å². The summed E-state index contributed by atoms with van der Waals surface area (Å²) < 4.78 is 5.22. The van der Waals surface area contributed by atoms with E-state index in [2.05, 4.69) is 6.92 Å². The van der Waals surface area contributed by atoms with Crippen molar-refractivity contribution in [3.63, 3.8) is 0 Å². The number of carbonyl (C=O) groups excluding carboxylic acids is 1. The molecule has 3 heteroatoms. The smallest absolute Gasteiger partial charge is 0.320 e. The van der Waals surface area contributed by atoms with Crippen LogP contribution in [0.15, 0.2) is 11.1 Å². The van der Waals surface area contributed by atoms with Gasteiger partial charge in [-0.05, 0) is 26.8 Å². The first-order valence-corrected chi connectivity index (χ1v) is 7.79. The zero-order chi connectivity index (χ0) is 13.1. The Morgan fingerprint density at radius 1 is 1.00 bits per heavy atom.